The van der Waals surface area contributed by atoms with Crippen molar-refractivity contribution >= 4 is 5.97 Å². The highest BCUT2D eigenvalue weighted by Crippen LogP contribution is 2.24. The van der Waals surface area contributed by atoms with E-state index in [1.807, 2.05) is 0 Å². The van der Waals surface area contributed by atoms with Gasteiger partial charge in [0.25, 0.3) is 0 Å². The summed E-state index contributed by atoms with van der Waals surface area (Å²) in [5.74, 6) is -1.58. The molecule has 2 aromatic heterocycles. The molecule has 3 rings (SSSR count). The summed E-state index contributed by atoms with van der Waals surface area (Å²) in [7, 11) is 0. The number of hydrogen-bond acceptors (Lipinski definition) is 4. The minimum Gasteiger partial charge on any atom is -0.476 e. The Hall–Kier alpha value is -3.09. The van der Waals surface area contributed by atoms with Gasteiger partial charge in [-0.15, -0.1) is 5.10 Å². The van der Waals surface area contributed by atoms with Crippen LogP contribution in [0.15, 0.2) is 48.8 Å². The SMILES string of the molecule is O=C(O)c1nnn(-c2ccc(F)cc2)c1-c1cccnc1. The Balaban J connectivity index is 2.22. The fraction of sp³-hybridized carbons (Fsp3) is 0. The standard InChI is InChI=1S/C14H9FN4O2/c15-10-3-5-11(6-4-10)19-13(9-2-1-7-16-8-9)12(14(20)21)17-18-19/h1-8H,(H,20,21). The first-order chi connectivity index (χ1) is 10.2. The molecule has 0 atom stereocenters. The number of nitrogens with zero attached hydrogens (tertiary/aromatic N) is 4. The number of hydrogen-bond donors (Lipinski definition) is 1. The van der Waals surface area contributed by atoms with Crippen molar-refractivity contribution in [2.45, 2.75) is 0 Å². The Morgan fingerprint density at radius 1 is 1.19 bits per heavy atom. The van der Waals surface area contributed by atoms with E-state index in [1.165, 1.54) is 35.1 Å². The van der Waals surface area contributed by atoms with Crippen LogP contribution in [0, 0.1) is 5.82 Å². The first-order valence-electron chi connectivity index (χ1n) is 6.02. The highest BCUT2D eigenvalue weighted by Gasteiger charge is 2.21. The average molecular weight is 284 g/mol. The maximum absolute atomic E-state index is 13.0. The van der Waals surface area contributed by atoms with Crippen LogP contribution in [0.4, 0.5) is 4.39 Å². The molecule has 104 valence electrons. The van der Waals surface area contributed by atoms with Crippen LogP contribution in [0.2, 0.25) is 0 Å². The second-order valence-electron chi connectivity index (χ2n) is 4.22. The molecular weight excluding hydrogens is 275 g/mol. The number of aromatic carboxylic acids is 1. The molecule has 0 saturated heterocycles. The molecule has 0 aliphatic rings. The van der Waals surface area contributed by atoms with Gasteiger partial charge >= 0.3 is 5.97 Å². The molecule has 21 heavy (non-hydrogen) atoms. The van der Waals surface area contributed by atoms with Crippen LogP contribution in [0.3, 0.4) is 0 Å². The average Bonchev–Trinajstić information content (AvgIpc) is 2.94. The Bertz CT molecular complexity index is 784. The predicted octanol–water partition coefficient (Wildman–Crippen LogP) is 2.17. The predicted molar refractivity (Wildman–Crippen MR) is 71.5 cm³/mol. The lowest BCUT2D eigenvalue weighted by Crippen LogP contribution is -2.03. The summed E-state index contributed by atoms with van der Waals surface area (Å²) >= 11 is 0. The Morgan fingerprint density at radius 2 is 1.95 bits per heavy atom. The summed E-state index contributed by atoms with van der Waals surface area (Å²) in [6, 6.07) is 8.92. The minimum absolute atomic E-state index is 0.188. The van der Waals surface area contributed by atoms with Crippen molar-refractivity contribution < 1.29 is 14.3 Å². The fourth-order valence-corrected chi connectivity index (χ4v) is 1.95. The van der Waals surface area contributed by atoms with E-state index in [1.54, 1.807) is 18.3 Å². The van der Waals surface area contributed by atoms with Gasteiger partial charge in [-0.1, -0.05) is 5.21 Å². The molecular formula is C14H9FN4O2. The van der Waals surface area contributed by atoms with Crippen molar-refractivity contribution in [3.8, 4) is 16.9 Å². The van der Waals surface area contributed by atoms with Crippen molar-refractivity contribution in [3.63, 3.8) is 0 Å². The van der Waals surface area contributed by atoms with Crippen LogP contribution in [-0.2, 0) is 0 Å². The largest absolute Gasteiger partial charge is 0.476 e. The fourth-order valence-electron chi connectivity index (χ4n) is 1.95. The third-order valence-corrected chi connectivity index (χ3v) is 2.88. The zero-order valence-corrected chi connectivity index (χ0v) is 10.6. The van der Waals surface area contributed by atoms with Gasteiger partial charge in [0.1, 0.15) is 11.5 Å². The van der Waals surface area contributed by atoms with Crippen molar-refractivity contribution in [1.29, 1.82) is 0 Å². The molecule has 2 heterocycles. The van der Waals surface area contributed by atoms with Crippen molar-refractivity contribution in [3.05, 3.63) is 60.3 Å². The molecule has 0 saturated carbocycles. The molecule has 0 amide bonds. The molecule has 0 bridgehead atoms. The minimum atomic E-state index is -1.19. The molecule has 6 nitrogen and oxygen atoms in total. The van der Waals surface area contributed by atoms with Crippen molar-refractivity contribution in [2.24, 2.45) is 0 Å². The van der Waals surface area contributed by atoms with E-state index < -0.39 is 5.97 Å². The molecule has 3 aromatic rings. The van der Waals surface area contributed by atoms with Gasteiger partial charge in [0.05, 0.1) is 5.69 Å². The lowest BCUT2D eigenvalue weighted by atomic mass is 10.1. The van der Waals surface area contributed by atoms with E-state index in [2.05, 4.69) is 15.3 Å². The molecule has 0 fully saturated rings. The monoisotopic (exact) mass is 284 g/mol. The van der Waals surface area contributed by atoms with E-state index in [4.69, 9.17) is 0 Å². The third-order valence-electron chi connectivity index (χ3n) is 2.88. The van der Waals surface area contributed by atoms with Crippen LogP contribution in [-0.4, -0.2) is 31.1 Å². The Labute approximate surface area is 118 Å². The van der Waals surface area contributed by atoms with Gasteiger partial charge < -0.3 is 5.11 Å². The van der Waals surface area contributed by atoms with Gasteiger partial charge in [0.15, 0.2) is 5.69 Å². The summed E-state index contributed by atoms with van der Waals surface area (Å²) in [5.41, 5.74) is 1.18. The van der Waals surface area contributed by atoms with Gasteiger partial charge in [-0.25, -0.2) is 13.9 Å². The second-order valence-corrected chi connectivity index (χ2v) is 4.22. The molecule has 0 unspecified atom stereocenters. The van der Waals surface area contributed by atoms with E-state index in [9.17, 15) is 14.3 Å². The van der Waals surface area contributed by atoms with E-state index >= 15 is 0 Å². The number of halogens is 1. The zero-order chi connectivity index (χ0) is 14.8. The third kappa shape index (κ3) is 2.36. The molecule has 1 N–H and O–H groups in total. The summed E-state index contributed by atoms with van der Waals surface area (Å²) in [6.45, 7) is 0. The summed E-state index contributed by atoms with van der Waals surface area (Å²) in [4.78, 5) is 15.3. The normalized spacial score (nSPS) is 10.5. The van der Waals surface area contributed by atoms with E-state index in [0.717, 1.165) is 0 Å². The van der Waals surface area contributed by atoms with Gasteiger partial charge in [-0.3, -0.25) is 4.98 Å². The highest BCUT2D eigenvalue weighted by atomic mass is 19.1. The maximum atomic E-state index is 13.0. The number of carbonyl (C=O) groups is 1. The topological polar surface area (TPSA) is 80.9 Å². The lowest BCUT2D eigenvalue weighted by Gasteiger charge is -2.06. The van der Waals surface area contributed by atoms with Crippen LogP contribution >= 0.6 is 0 Å². The summed E-state index contributed by atoms with van der Waals surface area (Å²) < 4.78 is 14.4. The molecule has 0 aliphatic heterocycles. The Morgan fingerprint density at radius 3 is 2.57 bits per heavy atom. The molecule has 0 radical (unpaired) electrons. The van der Waals surface area contributed by atoms with Crippen LogP contribution in [0.5, 0.6) is 0 Å². The first-order valence-corrected chi connectivity index (χ1v) is 6.02. The van der Waals surface area contributed by atoms with Crippen LogP contribution in [0.1, 0.15) is 10.5 Å². The van der Waals surface area contributed by atoms with E-state index in [0.29, 0.717) is 16.9 Å². The number of rotatable bonds is 3. The Kier molecular flexibility index (Phi) is 3.15. The van der Waals surface area contributed by atoms with Gasteiger partial charge in [-0.2, -0.15) is 0 Å². The number of benzene rings is 1. The van der Waals surface area contributed by atoms with Gasteiger partial charge in [-0.05, 0) is 36.4 Å². The van der Waals surface area contributed by atoms with Crippen molar-refractivity contribution in [2.75, 3.05) is 0 Å². The molecule has 1 aromatic carbocycles. The first kappa shape index (κ1) is 12.9. The second kappa shape index (κ2) is 5.12. The van der Waals surface area contributed by atoms with Gasteiger partial charge in [0.2, 0.25) is 0 Å². The lowest BCUT2D eigenvalue weighted by molar-refractivity contribution is 0.0691. The summed E-state index contributed by atoms with van der Waals surface area (Å²) in [6.07, 6.45) is 3.10. The summed E-state index contributed by atoms with van der Waals surface area (Å²) in [5, 5.41) is 16.8. The zero-order valence-electron chi connectivity index (χ0n) is 10.6. The molecule has 0 spiro atoms. The van der Waals surface area contributed by atoms with Crippen LogP contribution in [0.25, 0.3) is 16.9 Å². The van der Waals surface area contributed by atoms with E-state index in [-0.39, 0.29) is 11.5 Å². The van der Waals surface area contributed by atoms with Gasteiger partial charge in [0, 0.05) is 18.0 Å². The number of pyridine rings is 1. The highest BCUT2D eigenvalue weighted by molar-refractivity contribution is 5.92. The maximum Gasteiger partial charge on any atom is 0.358 e. The number of carboxylic acid groups (broad SMARTS) is 1. The number of carboxylic acids is 1. The number of aromatic nitrogens is 4. The quantitative estimate of drug-likeness (QED) is 0.797. The molecule has 0 aliphatic carbocycles. The smallest absolute Gasteiger partial charge is 0.358 e. The van der Waals surface area contributed by atoms with Crippen LogP contribution < -0.4 is 0 Å². The van der Waals surface area contributed by atoms with Crippen molar-refractivity contribution in [1.82, 2.24) is 20.0 Å². The molecule has 7 heteroatoms.